The van der Waals surface area contributed by atoms with Gasteiger partial charge in [0, 0.05) is 15.1 Å². The van der Waals surface area contributed by atoms with Crippen molar-refractivity contribution in [3.8, 4) is 11.1 Å². The molecule has 0 N–H and O–H groups in total. The van der Waals surface area contributed by atoms with E-state index in [4.69, 9.17) is 11.6 Å². The highest BCUT2D eigenvalue weighted by molar-refractivity contribution is 9.10. The molecule has 1 aliphatic carbocycles. The molecule has 1 unspecified atom stereocenters. The second-order valence-electron chi connectivity index (χ2n) is 6.83. The van der Waals surface area contributed by atoms with Crippen LogP contribution in [-0.2, 0) is 5.41 Å². The van der Waals surface area contributed by atoms with Gasteiger partial charge in [-0.2, -0.15) is 0 Å². The molecule has 5 rings (SSSR count). The van der Waals surface area contributed by atoms with Crippen LogP contribution in [-0.4, -0.2) is 0 Å². The molecule has 0 bridgehead atoms. The predicted octanol–water partition coefficient (Wildman–Crippen LogP) is 7.47. The zero-order chi connectivity index (χ0) is 18.4. The van der Waals surface area contributed by atoms with Crippen LogP contribution in [0.3, 0.4) is 0 Å². The average molecular weight is 432 g/mol. The van der Waals surface area contributed by atoms with E-state index in [-0.39, 0.29) is 5.41 Å². The fourth-order valence-electron chi connectivity index (χ4n) is 4.48. The molecule has 0 fully saturated rings. The molecule has 1 atom stereocenters. The Labute approximate surface area is 172 Å². The Kier molecular flexibility index (Phi) is 3.96. The van der Waals surface area contributed by atoms with Crippen molar-refractivity contribution in [1.82, 2.24) is 0 Å². The molecule has 1 aliphatic rings. The summed E-state index contributed by atoms with van der Waals surface area (Å²) < 4.78 is 1.12. The van der Waals surface area contributed by atoms with Crippen molar-refractivity contribution in [2.75, 3.05) is 0 Å². The third-order valence-electron chi connectivity index (χ3n) is 5.48. The second kappa shape index (κ2) is 6.37. The van der Waals surface area contributed by atoms with Crippen molar-refractivity contribution in [3.05, 3.63) is 129 Å². The molecule has 0 saturated carbocycles. The predicted molar refractivity (Wildman–Crippen MR) is 116 cm³/mol. The molecule has 4 aromatic rings. The Morgan fingerprint density at radius 2 is 1.30 bits per heavy atom. The second-order valence-corrected chi connectivity index (χ2v) is 8.13. The molecule has 0 saturated heterocycles. The number of fused-ring (bicyclic) bond motifs is 3. The first-order valence-corrected chi connectivity index (χ1v) is 10.1. The highest BCUT2D eigenvalue weighted by atomic mass is 79.9. The summed E-state index contributed by atoms with van der Waals surface area (Å²) in [5.74, 6) is 0. The van der Waals surface area contributed by atoms with Gasteiger partial charge in [0.15, 0.2) is 0 Å². The summed E-state index contributed by atoms with van der Waals surface area (Å²) >= 11 is 10.3. The first-order chi connectivity index (χ1) is 13.2. The van der Waals surface area contributed by atoms with Gasteiger partial charge >= 0.3 is 0 Å². The average Bonchev–Trinajstić information content (AvgIpc) is 3.01. The Balaban J connectivity index is 2.00. The van der Waals surface area contributed by atoms with Gasteiger partial charge in [0.1, 0.15) is 0 Å². The van der Waals surface area contributed by atoms with E-state index < -0.39 is 0 Å². The summed E-state index contributed by atoms with van der Waals surface area (Å²) in [6.07, 6.45) is 0. The lowest BCUT2D eigenvalue weighted by atomic mass is 9.68. The molecular formula is C25H16BrCl. The lowest BCUT2D eigenvalue weighted by Crippen LogP contribution is -2.28. The normalized spacial score (nSPS) is 17.4. The van der Waals surface area contributed by atoms with Gasteiger partial charge in [0.05, 0.1) is 5.41 Å². The van der Waals surface area contributed by atoms with E-state index in [1.807, 2.05) is 12.1 Å². The topological polar surface area (TPSA) is 0 Å². The lowest BCUT2D eigenvalue weighted by molar-refractivity contribution is 0.768. The molecule has 0 nitrogen and oxygen atoms in total. The number of benzene rings is 4. The van der Waals surface area contributed by atoms with Gasteiger partial charge in [0.25, 0.3) is 0 Å². The highest BCUT2D eigenvalue weighted by Gasteiger charge is 2.46. The van der Waals surface area contributed by atoms with E-state index in [0.29, 0.717) is 0 Å². The zero-order valence-electron chi connectivity index (χ0n) is 14.5. The van der Waals surface area contributed by atoms with Crippen LogP contribution >= 0.6 is 27.5 Å². The SMILES string of the molecule is Clc1cccc(C2(c3ccccc3)c3ccccc3-c3c(Br)cccc32)c1. The Bertz CT molecular complexity index is 1150. The van der Waals surface area contributed by atoms with Crippen LogP contribution in [0.15, 0.2) is 102 Å². The van der Waals surface area contributed by atoms with Crippen molar-refractivity contribution in [2.24, 2.45) is 0 Å². The Morgan fingerprint density at radius 1 is 0.630 bits per heavy atom. The van der Waals surface area contributed by atoms with Crippen LogP contribution in [0.2, 0.25) is 5.02 Å². The highest BCUT2D eigenvalue weighted by Crippen LogP contribution is 2.57. The number of halogens is 2. The first kappa shape index (κ1) is 16.8. The smallest absolute Gasteiger partial charge is 0.0714 e. The number of hydrogen-bond acceptors (Lipinski definition) is 0. The van der Waals surface area contributed by atoms with E-state index in [1.54, 1.807) is 0 Å². The number of hydrogen-bond donors (Lipinski definition) is 0. The molecule has 0 aliphatic heterocycles. The third-order valence-corrected chi connectivity index (χ3v) is 6.38. The summed E-state index contributed by atoms with van der Waals surface area (Å²) in [7, 11) is 0. The molecule has 0 amide bonds. The summed E-state index contributed by atoms with van der Waals surface area (Å²) in [6.45, 7) is 0. The first-order valence-electron chi connectivity index (χ1n) is 8.93. The van der Waals surface area contributed by atoms with E-state index in [9.17, 15) is 0 Å². The van der Waals surface area contributed by atoms with Crippen LogP contribution in [0.5, 0.6) is 0 Å². The summed E-state index contributed by atoms with van der Waals surface area (Å²) in [6, 6.07) is 34.2. The van der Waals surface area contributed by atoms with Gasteiger partial charge in [-0.05, 0) is 46.0 Å². The quantitative estimate of drug-likeness (QED) is 0.272. The van der Waals surface area contributed by atoms with Crippen LogP contribution in [0.25, 0.3) is 11.1 Å². The van der Waals surface area contributed by atoms with Crippen molar-refractivity contribution in [1.29, 1.82) is 0 Å². The third kappa shape index (κ3) is 2.35. The van der Waals surface area contributed by atoms with Gasteiger partial charge in [-0.3, -0.25) is 0 Å². The summed E-state index contributed by atoms with van der Waals surface area (Å²) in [4.78, 5) is 0. The lowest BCUT2D eigenvalue weighted by Gasteiger charge is -2.34. The zero-order valence-corrected chi connectivity index (χ0v) is 16.8. The molecule has 0 radical (unpaired) electrons. The van der Waals surface area contributed by atoms with Crippen molar-refractivity contribution >= 4 is 27.5 Å². The van der Waals surface area contributed by atoms with Crippen molar-refractivity contribution in [2.45, 2.75) is 5.41 Å². The van der Waals surface area contributed by atoms with E-state index in [0.717, 1.165) is 9.50 Å². The Hall–Kier alpha value is -2.35. The van der Waals surface area contributed by atoms with E-state index in [2.05, 4.69) is 101 Å². The van der Waals surface area contributed by atoms with Gasteiger partial charge in [0.2, 0.25) is 0 Å². The molecule has 0 spiro atoms. The standard InChI is InChI=1S/C25H16BrCl/c26-23-15-7-14-22-24(23)20-12-4-5-13-21(20)25(22,17-8-2-1-3-9-17)18-10-6-11-19(27)16-18/h1-16H. The molecule has 0 heterocycles. The molecule has 0 aromatic heterocycles. The van der Waals surface area contributed by atoms with Crippen LogP contribution in [0, 0.1) is 0 Å². The molecule has 4 aromatic carbocycles. The molecular weight excluding hydrogens is 416 g/mol. The minimum absolute atomic E-state index is 0.387. The van der Waals surface area contributed by atoms with E-state index in [1.165, 1.54) is 33.4 Å². The van der Waals surface area contributed by atoms with Crippen LogP contribution in [0.1, 0.15) is 22.3 Å². The minimum atomic E-state index is -0.387. The van der Waals surface area contributed by atoms with Crippen LogP contribution in [0.4, 0.5) is 0 Å². The minimum Gasteiger partial charge on any atom is -0.0843 e. The van der Waals surface area contributed by atoms with Gasteiger partial charge < -0.3 is 0 Å². The summed E-state index contributed by atoms with van der Waals surface area (Å²) in [5, 5.41) is 0.753. The summed E-state index contributed by atoms with van der Waals surface area (Å²) in [5.41, 5.74) is 7.15. The largest absolute Gasteiger partial charge is 0.0843 e. The molecule has 130 valence electrons. The van der Waals surface area contributed by atoms with Gasteiger partial charge in [-0.15, -0.1) is 0 Å². The fourth-order valence-corrected chi connectivity index (χ4v) is 5.25. The van der Waals surface area contributed by atoms with E-state index >= 15 is 0 Å². The monoisotopic (exact) mass is 430 g/mol. The van der Waals surface area contributed by atoms with Gasteiger partial charge in [-0.1, -0.05) is 106 Å². The number of rotatable bonds is 2. The fraction of sp³-hybridized carbons (Fsp3) is 0.0400. The maximum atomic E-state index is 6.45. The Morgan fingerprint density at radius 3 is 2.11 bits per heavy atom. The maximum absolute atomic E-state index is 6.45. The van der Waals surface area contributed by atoms with Crippen LogP contribution < -0.4 is 0 Å². The van der Waals surface area contributed by atoms with Gasteiger partial charge in [-0.25, -0.2) is 0 Å². The van der Waals surface area contributed by atoms with Crippen molar-refractivity contribution in [3.63, 3.8) is 0 Å². The van der Waals surface area contributed by atoms with Crippen molar-refractivity contribution < 1.29 is 0 Å². The molecule has 27 heavy (non-hydrogen) atoms. The molecule has 2 heteroatoms. The maximum Gasteiger partial charge on any atom is 0.0714 e.